The fourth-order valence-electron chi connectivity index (χ4n) is 4.15. The van der Waals surface area contributed by atoms with E-state index in [1.54, 1.807) is 6.08 Å². The lowest BCUT2D eigenvalue weighted by Crippen LogP contribution is -2.54. The van der Waals surface area contributed by atoms with Crippen molar-refractivity contribution in [1.29, 1.82) is 0 Å². The van der Waals surface area contributed by atoms with Gasteiger partial charge in [0.05, 0.1) is 33.0 Å². The number of rotatable bonds is 13. The Morgan fingerprint density at radius 2 is 1.27 bits per heavy atom. The summed E-state index contributed by atoms with van der Waals surface area (Å²) in [6.07, 6.45) is -0.183. The van der Waals surface area contributed by atoms with Gasteiger partial charge in [-0.05, 0) is 21.7 Å². The third-order valence-corrected chi connectivity index (χ3v) is 6.54. The summed E-state index contributed by atoms with van der Waals surface area (Å²) in [6.45, 7) is 5.76. The highest BCUT2D eigenvalue weighted by atomic mass is 79.9. The average molecular weight is 566 g/mol. The zero-order chi connectivity index (χ0) is 25.7. The van der Waals surface area contributed by atoms with Gasteiger partial charge in [-0.2, -0.15) is 0 Å². The van der Waals surface area contributed by atoms with Crippen molar-refractivity contribution in [3.05, 3.63) is 131 Å². The molecule has 3 aromatic rings. The molecule has 1 fully saturated rings. The smallest absolute Gasteiger partial charge is 0.184 e. The van der Waals surface area contributed by atoms with Gasteiger partial charge in [-0.1, -0.05) is 113 Å². The summed E-state index contributed by atoms with van der Waals surface area (Å²) >= 11 is 3.52. The van der Waals surface area contributed by atoms with Gasteiger partial charge in [-0.3, -0.25) is 0 Å². The van der Waals surface area contributed by atoms with Crippen LogP contribution in [0.4, 0.5) is 0 Å². The van der Waals surface area contributed by atoms with Crippen LogP contribution in [0.25, 0.3) is 0 Å². The molecule has 37 heavy (non-hydrogen) atoms. The third kappa shape index (κ3) is 8.20. The molecular weight excluding hydrogens is 532 g/mol. The van der Waals surface area contributed by atoms with Gasteiger partial charge in [0.15, 0.2) is 6.29 Å². The molecule has 0 radical (unpaired) electrons. The lowest BCUT2D eigenvalue weighted by Gasteiger charge is -2.42. The molecule has 194 valence electrons. The zero-order valence-electron chi connectivity index (χ0n) is 20.8. The minimum Gasteiger partial charge on any atom is -0.374 e. The molecule has 0 spiro atoms. The summed E-state index contributed by atoms with van der Waals surface area (Å²) in [5.74, 6) is 0. The van der Waals surface area contributed by atoms with Crippen LogP contribution in [0.3, 0.4) is 0 Å². The Bertz CT molecular complexity index is 1090. The van der Waals surface area contributed by atoms with Gasteiger partial charge >= 0.3 is 0 Å². The minimum atomic E-state index is -0.625. The molecule has 0 amide bonds. The zero-order valence-corrected chi connectivity index (χ0v) is 22.4. The Kier molecular flexibility index (Phi) is 11.1. The van der Waals surface area contributed by atoms with E-state index in [4.69, 9.17) is 23.7 Å². The lowest BCUT2D eigenvalue weighted by atomic mass is 9.96. The molecule has 4 rings (SSSR count). The van der Waals surface area contributed by atoms with E-state index in [0.717, 1.165) is 22.3 Å². The second-order valence-corrected chi connectivity index (χ2v) is 9.17. The van der Waals surface area contributed by atoms with Crippen molar-refractivity contribution in [3.8, 4) is 0 Å². The predicted molar refractivity (Wildman–Crippen MR) is 148 cm³/mol. The van der Waals surface area contributed by atoms with Gasteiger partial charge in [0.25, 0.3) is 0 Å². The van der Waals surface area contributed by atoms with E-state index < -0.39 is 24.6 Å². The molecule has 1 aliphatic rings. The van der Waals surface area contributed by atoms with E-state index >= 15 is 0 Å². The molecule has 0 unspecified atom stereocenters. The lowest BCUT2D eigenvalue weighted by molar-refractivity contribution is -0.246. The molecule has 5 nitrogen and oxygen atoms in total. The summed E-state index contributed by atoms with van der Waals surface area (Å²) in [4.78, 5) is 1.82. The molecular formula is C31H33BrO5. The second kappa shape index (κ2) is 15.0. The van der Waals surface area contributed by atoms with Crippen LogP contribution in [0, 0.1) is 0 Å². The van der Waals surface area contributed by atoms with Crippen LogP contribution in [-0.4, -0.2) is 37.8 Å². The summed E-state index contributed by atoms with van der Waals surface area (Å²) in [5, 5.41) is 0. The van der Waals surface area contributed by atoms with E-state index in [1.807, 2.05) is 96.0 Å². The van der Waals surface area contributed by atoms with Crippen LogP contribution >= 0.6 is 15.9 Å². The van der Waals surface area contributed by atoms with Crippen molar-refractivity contribution in [2.24, 2.45) is 0 Å². The van der Waals surface area contributed by atoms with Crippen LogP contribution in [0.15, 0.2) is 114 Å². The Morgan fingerprint density at radius 3 is 1.81 bits per heavy atom. The van der Waals surface area contributed by atoms with Crippen molar-refractivity contribution < 1.29 is 23.7 Å². The van der Waals surface area contributed by atoms with Crippen LogP contribution in [0.1, 0.15) is 16.7 Å². The third-order valence-electron chi connectivity index (χ3n) is 6.01. The van der Waals surface area contributed by atoms with Gasteiger partial charge < -0.3 is 23.7 Å². The topological polar surface area (TPSA) is 46.2 Å². The number of hydrogen-bond acceptors (Lipinski definition) is 5. The highest BCUT2D eigenvalue weighted by Gasteiger charge is 2.44. The standard InChI is InChI=1S/C31H33BrO5/c1-2-18-34-31-27(19-32)29(35-21-25-14-8-4-9-15-25)30(36-22-26-16-10-5-11-17-26)28(37-31)23-33-20-24-12-6-3-7-13-24/h2-17,19,28-31H,1,18,20-23H2/b27-19+/t28-,29-,30-,31-/m1/s1. The normalized spacial score (nSPS) is 22.7. The van der Waals surface area contributed by atoms with Gasteiger partial charge in [-0.15, -0.1) is 6.58 Å². The highest BCUT2D eigenvalue weighted by molar-refractivity contribution is 9.11. The van der Waals surface area contributed by atoms with Crippen LogP contribution in [0.2, 0.25) is 0 Å². The Hall–Kier alpha value is -2.58. The molecule has 0 saturated carbocycles. The monoisotopic (exact) mass is 564 g/mol. The fourth-order valence-corrected chi connectivity index (χ4v) is 4.63. The molecule has 1 heterocycles. The maximum absolute atomic E-state index is 6.51. The largest absolute Gasteiger partial charge is 0.374 e. The summed E-state index contributed by atoms with van der Waals surface area (Å²) < 4.78 is 31.5. The molecule has 0 aliphatic carbocycles. The molecule has 0 bridgehead atoms. The number of ether oxygens (including phenoxy) is 5. The Balaban J connectivity index is 1.55. The Labute approximate surface area is 227 Å². The molecule has 3 aromatic carbocycles. The fraction of sp³-hybridized carbons (Fsp3) is 0.290. The number of hydrogen-bond donors (Lipinski definition) is 0. The average Bonchev–Trinajstić information content (AvgIpc) is 2.95. The van der Waals surface area contributed by atoms with Gasteiger partial charge in [0, 0.05) is 5.57 Å². The van der Waals surface area contributed by atoms with E-state index in [2.05, 4.69) is 22.5 Å². The van der Waals surface area contributed by atoms with E-state index in [9.17, 15) is 0 Å². The summed E-state index contributed by atoms with van der Waals surface area (Å²) in [5.41, 5.74) is 4.06. The summed E-state index contributed by atoms with van der Waals surface area (Å²) in [6, 6.07) is 30.2. The minimum absolute atomic E-state index is 0.322. The molecule has 1 saturated heterocycles. The highest BCUT2D eigenvalue weighted by Crippen LogP contribution is 2.33. The number of benzene rings is 3. The van der Waals surface area contributed by atoms with Crippen LogP contribution in [0.5, 0.6) is 0 Å². The maximum Gasteiger partial charge on any atom is 0.184 e. The second-order valence-electron chi connectivity index (χ2n) is 8.72. The van der Waals surface area contributed by atoms with Crippen molar-refractivity contribution in [2.45, 2.75) is 44.4 Å². The van der Waals surface area contributed by atoms with Crippen LogP contribution < -0.4 is 0 Å². The quantitative estimate of drug-likeness (QED) is 0.219. The van der Waals surface area contributed by atoms with Crippen molar-refractivity contribution in [3.63, 3.8) is 0 Å². The molecule has 0 aromatic heterocycles. The van der Waals surface area contributed by atoms with Crippen LogP contribution in [-0.2, 0) is 43.5 Å². The first-order chi connectivity index (χ1) is 18.3. The van der Waals surface area contributed by atoms with Crippen molar-refractivity contribution >= 4 is 15.9 Å². The van der Waals surface area contributed by atoms with E-state index in [1.165, 1.54) is 0 Å². The molecule has 4 atom stereocenters. The predicted octanol–water partition coefficient (Wildman–Crippen LogP) is 6.58. The first-order valence-corrected chi connectivity index (χ1v) is 13.3. The molecule has 1 aliphatic heterocycles. The van der Waals surface area contributed by atoms with Crippen molar-refractivity contribution in [1.82, 2.24) is 0 Å². The van der Waals surface area contributed by atoms with Gasteiger partial charge in [0.1, 0.15) is 18.3 Å². The maximum atomic E-state index is 6.51. The molecule has 0 N–H and O–H groups in total. The van der Waals surface area contributed by atoms with Crippen molar-refractivity contribution in [2.75, 3.05) is 13.2 Å². The molecule has 6 heteroatoms. The first-order valence-electron chi connectivity index (χ1n) is 12.4. The Morgan fingerprint density at radius 1 is 0.730 bits per heavy atom. The van der Waals surface area contributed by atoms with Gasteiger partial charge in [0.2, 0.25) is 0 Å². The SMILES string of the molecule is C=CCO[C@@H]1O[C@H](COCc2ccccc2)[C@@H](OCc2ccccc2)[C@H](OCc2ccccc2)/C1=C\Br. The van der Waals surface area contributed by atoms with Gasteiger partial charge in [-0.25, -0.2) is 0 Å². The summed E-state index contributed by atoms with van der Waals surface area (Å²) in [7, 11) is 0. The van der Waals surface area contributed by atoms with E-state index in [0.29, 0.717) is 33.0 Å². The first kappa shape index (κ1) is 27.5. The number of halogens is 1. The van der Waals surface area contributed by atoms with E-state index in [-0.39, 0.29) is 0 Å².